The van der Waals surface area contributed by atoms with Gasteiger partial charge in [0.15, 0.2) is 0 Å². The van der Waals surface area contributed by atoms with Crippen LogP contribution >= 0.6 is 35.5 Å². The molecule has 0 bridgehead atoms. The molecule has 0 radical (unpaired) electrons. The average Bonchev–Trinajstić information content (AvgIpc) is 1.98. The Morgan fingerprint density at radius 1 is 1.67 bits per heavy atom. The van der Waals surface area contributed by atoms with E-state index >= 15 is 0 Å². The summed E-state index contributed by atoms with van der Waals surface area (Å²) in [5, 5.41) is 8.21. The Bertz CT molecular complexity index is 186. The zero-order chi connectivity index (χ0) is 9.72. The van der Waals surface area contributed by atoms with Crippen LogP contribution in [0.1, 0.15) is 13.3 Å². The summed E-state index contributed by atoms with van der Waals surface area (Å²) >= 11 is 5.72. The van der Waals surface area contributed by atoms with Crippen molar-refractivity contribution in [2.24, 2.45) is 5.92 Å². The van der Waals surface area contributed by atoms with E-state index in [9.17, 15) is 9.59 Å². The molecule has 12 heavy (non-hydrogen) atoms. The largest absolute Gasteiger partial charge is 0.481 e. The molecule has 4 nitrogen and oxygen atoms in total. The van der Waals surface area contributed by atoms with Gasteiger partial charge in [-0.15, -0.1) is 0 Å². The Balaban J connectivity index is 4.23. The molecule has 6 heteroatoms. The van der Waals surface area contributed by atoms with E-state index in [1.165, 1.54) is 0 Å². The van der Waals surface area contributed by atoms with Gasteiger partial charge in [-0.1, -0.05) is 6.92 Å². The topological polar surface area (TPSA) is 66.4 Å². The van der Waals surface area contributed by atoms with Crippen LogP contribution in [0.15, 0.2) is 0 Å². The molecule has 0 aromatic carbocycles. The van der Waals surface area contributed by atoms with Crippen molar-refractivity contribution in [3.8, 4) is 0 Å². The third-order valence-corrected chi connectivity index (χ3v) is 2.30. The molecule has 70 valence electrons. The summed E-state index contributed by atoms with van der Waals surface area (Å²) in [5.74, 6) is -1.84. The average molecular weight is 303 g/mol. The number of carboxylic acids is 1. The van der Waals surface area contributed by atoms with Gasteiger partial charge in [0, 0.05) is 5.25 Å². The summed E-state index contributed by atoms with van der Waals surface area (Å²) < 4.78 is 2.37. The summed E-state index contributed by atoms with van der Waals surface area (Å²) in [4.78, 5) is 21.4. The van der Waals surface area contributed by atoms with Crippen LogP contribution in [0, 0.1) is 5.92 Å². The van der Waals surface area contributed by atoms with Gasteiger partial charge in [-0.25, -0.2) is 0 Å². The number of hydrogen-bond donors (Lipinski definition) is 3. The lowest BCUT2D eigenvalue weighted by Crippen LogP contribution is -2.31. The molecular formula is C6H10INO3S. The third kappa shape index (κ3) is 4.15. The molecule has 0 heterocycles. The highest BCUT2D eigenvalue weighted by Crippen LogP contribution is 2.14. The second kappa shape index (κ2) is 5.63. The van der Waals surface area contributed by atoms with Gasteiger partial charge in [0.1, 0.15) is 0 Å². The van der Waals surface area contributed by atoms with E-state index < -0.39 is 11.9 Å². The Morgan fingerprint density at radius 2 is 2.17 bits per heavy atom. The number of halogens is 1. The molecule has 0 aliphatic heterocycles. The van der Waals surface area contributed by atoms with Crippen molar-refractivity contribution in [3.63, 3.8) is 0 Å². The molecule has 0 fully saturated rings. The smallest absolute Gasteiger partial charge is 0.304 e. The maximum atomic E-state index is 11.1. The summed E-state index contributed by atoms with van der Waals surface area (Å²) in [7, 11) is 0. The monoisotopic (exact) mass is 303 g/mol. The second-order valence-electron chi connectivity index (χ2n) is 2.40. The highest BCUT2D eigenvalue weighted by molar-refractivity contribution is 14.1. The Kier molecular flexibility index (Phi) is 5.64. The number of carbonyl (C=O) groups excluding carboxylic acids is 1. The molecule has 2 N–H and O–H groups in total. The molecule has 0 saturated heterocycles. The van der Waals surface area contributed by atoms with Crippen molar-refractivity contribution in [3.05, 3.63) is 0 Å². The maximum Gasteiger partial charge on any atom is 0.304 e. The fourth-order valence-corrected chi connectivity index (χ4v) is 1.38. The Labute approximate surface area is 90.0 Å². The Hall–Kier alpha value is 0.0200. The van der Waals surface area contributed by atoms with Gasteiger partial charge in [0.2, 0.25) is 5.91 Å². The third-order valence-electron chi connectivity index (χ3n) is 1.41. The number of nitrogens with one attached hydrogen (secondary N) is 1. The van der Waals surface area contributed by atoms with E-state index in [1.54, 1.807) is 29.8 Å². The van der Waals surface area contributed by atoms with E-state index in [2.05, 4.69) is 16.2 Å². The van der Waals surface area contributed by atoms with Gasteiger partial charge in [0.25, 0.3) is 0 Å². The first-order valence-corrected chi connectivity index (χ1v) is 4.89. The van der Waals surface area contributed by atoms with Crippen molar-refractivity contribution >= 4 is 47.4 Å². The molecule has 0 spiro atoms. The molecule has 0 aliphatic carbocycles. The van der Waals surface area contributed by atoms with E-state index in [1.807, 2.05) is 0 Å². The minimum atomic E-state index is -0.985. The first-order valence-electron chi connectivity index (χ1n) is 3.29. The van der Waals surface area contributed by atoms with Gasteiger partial charge >= 0.3 is 5.97 Å². The number of carboxylic acid groups (broad SMARTS) is 1. The molecule has 0 rings (SSSR count). The lowest BCUT2D eigenvalue weighted by molar-refractivity contribution is -0.140. The van der Waals surface area contributed by atoms with Gasteiger partial charge in [-0.2, -0.15) is 12.6 Å². The van der Waals surface area contributed by atoms with Crippen LogP contribution in [0.5, 0.6) is 0 Å². The number of hydrogen-bond acceptors (Lipinski definition) is 3. The first-order chi connectivity index (χ1) is 5.49. The van der Waals surface area contributed by atoms with Crippen molar-refractivity contribution in [1.82, 2.24) is 3.53 Å². The summed E-state index contributed by atoms with van der Waals surface area (Å²) in [5.41, 5.74) is 0. The van der Waals surface area contributed by atoms with Crippen LogP contribution in [0.25, 0.3) is 0 Å². The lowest BCUT2D eigenvalue weighted by atomic mass is 10.0. The predicted octanol–water partition coefficient (Wildman–Crippen LogP) is 0.862. The number of rotatable bonds is 4. The minimum absolute atomic E-state index is 0.181. The SMILES string of the molecule is CC(S)C(CC(=O)O)C(=O)NI. The highest BCUT2D eigenvalue weighted by atomic mass is 127. The zero-order valence-electron chi connectivity index (χ0n) is 6.45. The highest BCUT2D eigenvalue weighted by Gasteiger charge is 2.24. The number of aliphatic carboxylic acids is 1. The van der Waals surface area contributed by atoms with Crippen LogP contribution in [0.4, 0.5) is 0 Å². The summed E-state index contributed by atoms with van der Waals surface area (Å²) in [6.07, 6.45) is -0.181. The van der Waals surface area contributed by atoms with Gasteiger partial charge in [-0.05, 0) is 0 Å². The van der Waals surface area contributed by atoms with Crippen molar-refractivity contribution < 1.29 is 14.7 Å². The molecular weight excluding hydrogens is 293 g/mol. The van der Waals surface area contributed by atoms with Gasteiger partial charge < -0.3 is 5.11 Å². The summed E-state index contributed by atoms with van der Waals surface area (Å²) in [6.45, 7) is 1.70. The fourth-order valence-electron chi connectivity index (χ4n) is 0.741. The lowest BCUT2D eigenvalue weighted by Gasteiger charge is -2.14. The fraction of sp³-hybridized carbons (Fsp3) is 0.667. The molecule has 0 aromatic heterocycles. The van der Waals surface area contributed by atoms with E-state index in [0.717, 1.165) is 0 Å². The van der Waals surface area contributed by atoms with E-state index in [0.29, 0.717) is 0 Å². The van der Waals surface area contributed by atoms with Crippen LogP contribution < -0.4 is 3.53 Å². The van der Waals surface area contributed by atoms with Gasteiger partial charge in [-0.3, -0.25) is 13.1 Å². The van der Waals surface area contributed by atoms with Crippen LogP contribution in [0.3, 0.4) is 0 Å². The van der Waals surface area contributed by atoms with Crippen molar-refractivity contribution in [2.45, 2.75) is 18.6 Å². The molecule has 2 atom stereocenters. The number of carbonyl (C=O) groups is 2. The van der Waals surface area contributed by atoms with Crippen molar-refractivity contribution in [2.75, 3.05) is 0 Å². The van der Waals surface area contributed by atoms with Crippen LogP contribution in [0.2, 0.25) is 0 Å². The number of amides is 1. The second-order valence-corrected chi connectivity index (χ2v) is 3.76. The molecule has 0 saturated carbocycles. The minimum Gasteiger partial charge on any atom is -0.481 e. The molecule has 2 unspecified atom stereocenters. The maximum absolute atomic E-state index is 11.1. The van der Waals surface area contributed by atoms with Gasteiger partial charge in [0.05, 0.1) is 35.2 Å². The zero-order valence-corrected chi connectivity index (χ0v) is 9.50. The van der Waals surface area contributed by atoms with E-state index in [4.69, 9.17) is 5.11 Å². The molecule has 0 aromatic rings. The van der Waals surface area contributed by atoms with Crippen LogP contribution in [-0.2, 0) is 9.59 Å². The normalized spacial score (nSPS) is 14.9. The summed E-state index contributed by atoms with van der Waals surface area (Å²) in [6, 6.07) is 0. The Morgan fingerprint density at radius 3 is 2.42 bits per heavy atom. The molecule has 1 amide bonds. The first kappa shape index (κ1) is 12.0. The quantitative estimate of drug-likeness (QED) is 0.410. The molecule has 0 aliphatic rings. The number of thiol groups is 1. The van der Waals surface area contributed by atoms with E-state index in [-0.39, 0.29) is 17.6 Å². The van der Waals surface area contributed by atoms with Crippen LogP contribution in [-0.4, -0.2) is 22.2 Å². The predicted molar refractivity (Wildman–Crippen MR) is 56.4 cm³/mol. The standard InChI is InChI=1S/C6H10INO3S/c1-3(12)4(2-5(9)10)6(11)8-7/h3-4,12H,2H2,1H3,(H,8,11)(H,9,10). The van der Waals surface area contributed by atoms with Crippen molar-refractivity contribution in [1.29, 1.82) is 0 Å².